The molecular formula is C18H21FN6O2. The second-order valence-electron chi connectivity index (χ2n) is 5.54. The molecule has 0 spiro atoms. The fraction of sp³-hybridized carbons (Fsp3) is 0.222. The zero-order valence-corrected chi connectivity index (χ0v) is 15.0. The maximum Gasteiger partial charge on any atom is 0.251 e. The van der Waals surface area contributed by atoms with Crippen LogP contribution in [0, 0.1) is 11.2 Å². The molecule has 9 heteroatoms. The minimum absolute atomic E-state index is 0.0228. The number of benzene rings is 1. The van der Waals surface area contributed by atoms with E-state index in [1.165, 1.54) is 32.5 Å². The Morgan fingerprint density at radius 2 is 2.04 bits per heavy atom. The smallest absolute Gasteiger partial charge is 0.251 e. The van der Waals surface area contributed by atoms with Crippen LogP contribution in [-0.4, -0.2) is 36.2 Å². The number of carbonyl (C=O) groups excluding carboxylic acids is 1. The van der Waals surface area contributed by atoms with Crippen molar-refractivity contribution in [3.05, 3.63) is 58.9 Å². The summed E-state index contributed by atoms with van der Waals surface area (Å²) in [7, 11) is 2.86. The van der Waals surface area contributed by atoms with Crippen LogP contribution < -0.4 is 21.1 Å². The predicted molar refractivity (Wildman–Crippen MR) is 100 cm³/mol. The van der Waals surface area contributed by atoms with E-state index in [0.29, 0.717) is 35.6 Å². The van der Waals surface area contributed by atoms with Crippen molar-refractivity contribution in [2.24, 2.45) is 5.73 Å². The molecule has 0 atom stereocenters. The first kappa shape index (κ1) is 19.8. The number of aromatic nitrogens is 2. The minimum atomic E-state index is -0.493. The number of methoxy groups -OCH3 is 1. The third-order valence-corrected chi connectivity index (χ3v) is 3.80. The second-order valence-corrected chi connectivity index (χ2v) is 5.54. The topological polar surface area (TPSA) is 126 Å². The maximum atomic E-state index is 14.5. The molecule has 2 rings (SSSR count). The number of hydrogen-bond acceptors (Lipinski definition) is 7. The van der Waals surface area contributed by atoms with Gasteiger partial charge in [-0.3, -0.25) is 4.79 Å². The molecule has 0 aliphatic rings. The van der Waals surface area contributed by atoms with Gasteiger partial charge in [-0.05, 0) is 36.1 Å². The largest absolute Gasteiger partial charge is 0.494 e. The first-order valence-electron chi connectivity index (χ1n) is 8.11. The van der Waals surface area contributed by atoms with Gasteiger partial charge in [0.2, 0.25) is 5.95 Å². The van der Waals surface area contributed by atoms with E-state index in [2.05, 4.69) is 20.6 Å². The van der Waals surface area contributed by atoms with Gasteiger partial charge in [0.05, 0.1) is 12.8 Å². The van der Waals surface area contributed by atoms with Gasteiger partial charge in [0.15, 0.2) is 11.6 Å². The van der Waals surface area contributed by atoms with Crippen LogP contribution in [0.25, 0.3) is 0 Å². The summed E-state index contributed by atoms with van der Waals surface area (Å²) in [4.78, 5) is 20.1. The van der Waals surface area contributed by atoms with Gasteiger partial charge in [-0.2, -0.15) is 0 Å². The van der Waals surface area contributed by atoms with Crippen molar-refractivity contribution in [1.29, 1.82) is 5.41 Å². The summed E-state index contributed by atoms with van der Waals surface area (Å²) in [6.45, 7) is 0. The number of nitrogens with zero attached hydrogens (tertiary/aromatic N) is 2. The standard InChI is InChI=1S/C18H21FN6O2/c1-22-17(26)13-5-12(16(19)15(6-13)27-2)4-3-11-9-23-18(24-10-11)25-14(7-20)8-21/h5-10,20H,3-4,21H2,1-2H3,(H,22,26)(H,23,24,25)/b14-8+,20-7?. The zero-order valence-electron chi connectivity index (χ0n) is 15.0. The van der Waals surface area contributed by atoms with Crippen molar-refractivity contribution >= 4 is 18.1 Å². The van der Waals surface area contributed by atoms with Crippen LogP contribution in [0.3, 0.4) is 0 Å². The number of halogens is 1. The molecule has 0 aliphatic heterocycles. The molecule has 0 unspecified atom stereocenters. The molecule has 0 bridgehead atoms. The van der Waals surface area contributed by atoms with E-state index in [9.17, 15) is 9.18 Å². The van der Waals surface area contributed by atoms with E-state index in [0.717, 1.165) is 11.8 Å². The Kier molecular flexibility index (Phi) is 6.81. The van der Waals surface area contributed by atoms with Crippen LogP contribution in [-0.2, 0) is 12.8 Å². The van der Waals surface area contributed by atoms with Crippen molar-refractivity contribution in [3.63, 3.8) is 0 Å². The average molecular weight is 372 g/mol. The maximum absolute atomic E-state index is 14.5. The van der Waals surface area contributed by atoms with Gasteiger partial charge in [0.25, 0.3) is 5.91 Å². The molecule has 1 heterocycles. The van der Waals surface area contributed by atoms with Crippen molar-refractivity contribution in [1.82, 2.24) is 15.3 Å². The van der Waals surface area contributed by atoms with E-state index in [-0.39, 0.29) is 11.7 Å². The SMILES string of the molecule is CNC(=O)c1cc(CCc2cnc(N/C(C=N)=C/N)nc2)c(F)c(OC)c1. The molecule has 27 heavy (non-hydrogen) atoms. The fourth-order valence-corrected chi connectivity index (χ4v) is 2.34. The Hall–Kier alpha value is -3.49. The number of allylic oxidation sites excluding steroid dienone is 1. The molecule has 142 valence electrons. The first-order chi connectivity index (χ1) is 13.0. The summed E-state index contributed by atoms with van der Waals surface area (Å²) in [6, 6.07) is 2.88. The highest BCUT2D eigenvalue weighted by atomic mass is 19.1. The monoisotopic (exact) mass is 372 g/mol. The lowest BCUT2D eigenvalue weighted by molar-refractivity contribution is 0.0962. The molecule has 5 N–H and O–H groups in total. The highest BCUT2D eigenvalue weighted by molar-refractivity contribution is 5.94. The van der Waals surface area contributed by atoms with E-state index in [4.69, 9.17) is 15.9 Å². The second kappa shape index (κ2) is 9.27. The quantitative estimate of drug-likeness (QED) is 0.522. The van der Waals surface area contributed by atoms with Gasteiger partial charge >= 0.3 is 0 Å². The molecular weight excluding hydrogens is 351 g/mol. The Labute approximate surface area is 156 Å². The number of carbonyl (C=O) groups is 1. The normalized spacial score (nSPS) is 11.0. The number of amides is 1. The van der Waals surface area contributed by atoms with Gasteiger partial charge in [0, 0.05) is 37.4 Å². The molecule has 0 saturated carbocycles. The average Bonchev–Trinajstić information content (AvgIpc) is 2.71. The van der Waals surface area contributed by atoms with Crippen LogP contribution in [0.15, 0.2) is 36.4 Å². The number of hydrogen-bond donors (Lipinski definition) is 4. The van der Waals surface area contributed by atoms with Crippen molar-refractivity contribution in [2.75, 3.05) is 19.5 Å². The van der Waals surface area contributed by atoms with Crippen LogP contribution in [0.1, 0.15) is 21.5 Å². The number of ether oxygens (including phenoxy) is 1. The fourth-order valence-electron chi connectivity index (χ4n) is 2.34. The van der Waals surface area contributed by atoms with Crippen molar-refractivity contribution < 1.29 is 13.9 Å². The van der Waals surface area contributed by atoms with Gasteiger partial charge in [-0.1, -0.05) is 0 Å². The molecule has 8 nitrogen and oxygen atoms in total. The van der Waals surface area contributed by atoms with Crippen LogP contribution >= 0.6 is 0 Å². The predicted octanol–water partition coefficient (Wildman–Crippen LogP) is 1.63. The summed E-state index contributed by atoms with van der Waals surface area (Å²) in [5.41, 5.74) is 7.20. The molecule has 1 aromatic heterocycles. The third kappa shape index (κ3) is 5.00. The lowest BCUT2D eigenvalue weighted by Crippen LogP contribution is -2.18. The van der Waals surface area contributed by atoms with Gasteiger partial charge in [0.1, 0.15) is 0 Å². The lowest BCUT2D eigenvalue weighted by Gasteiger charge is -2.11. The molecule has 0 saturated heterocycles. The first-order valence-corrected chi connectivity index (χ1v) is 8.11. The highest BCUT2D eigenvalue weighted by Crippen LogP contribution is 2.24. The van der Waals surface area contributed by atoms with Gasteiger partial charge in [-0.15, -0.1) is 0 Å². The number of rotatable bonds is 8. The molecule has 0 radical (unpaired) electrons. The Morgan fingerprint density at radius 1 is 1.33 bits per heavy atom. The van der Waals surface area contributed by atoms with Crippen molar-refractivity contribution in [3.8, 4) is 5.75 Å². The van der Waals surface area contributed by atoms with Gasteiger partial charge in [-0.25, -0.2) is 14.4 Å². The summed E-state index contributed by atoms with van der Waals surface area (Å²) in [5.74, 6) is -0.487. The van der Waals surface area contributed by atoms with Crippen molar-refractivity contribution in [2.45, 2.75) is 12.8 Å². The molecule has 1 aromatic carbocycles. The number of nitrogens with one attached hydrogen (secondary N) is 3. The summed E-state index contributed by atoms with van der Waals surface area (Å²) in [6.07, 6.45) is 6.31. The van der Waals surface area contributed by atoms with Crippen LogP contribution in [0.2, 0.25) is 0 Å². The minimum Gasteiger partial charge on any atom is -0.494 e. The summed E-state index contributed by atoms with van der Waals surface area (Å²) in [5, 5.41) is 12.5. The van der Waals surface area contributed by atoms with Gasteiger partial charge < -0.3 is 26.5 Å². The van der Waals surface area contributed by atoms with E-state index in [1.807, 2.05) is 0 Å². The zero-order chi connectivity index (χ0) is 19.8. The molecule has 1 amide bonds. The summed E-state index contributed by atoms with van der Waals surface area (Å²) < 4.78 is 19.5. The number of aryl methyl sites for hydroxylation is 2. The Morgan fingerprint density at radius 3 is 2.59 bits per heavy atom. The molecule has 0 aliphatic carbocycles. The summed E-state index contributed by atoms with van der Waals surface area (Å²) >= 11 is 0. The Balaban J connectivity index is 2.14. The lowest BCUT2D eigenvalue weighted by atomic mass is 10.0. The van der Waals surface area contributed by atoms with E-state index < -0.39 is 5.82 Å². The number of anilines is 1. The van der Waals surface area contributed by atoms with E-state index >= 15 is 0 Å². The van der Waals surface area contributed by atoms with Crippen LogP contribution in [0.5, 0.6) is 5.75 Å². The Bertz CT molecular complexity index is 852. The number of nitrogens with two attached hydrogens (primary N) is 1. The molecule has 0 fully saturated rings. The molecule has 2 aromatic rings. The van der Waals surface area contributed by atoms with Crippen LogP contribution in [0.4, 0.5) is 10.3 Å². The third-order valence-electron chi connectivity index (χ3n) is 3.80. The van der Waals surface area contributed by atoms with E-state index in [1.54, 1.807) is 12.4 Å². The highest BCUT2D eigenvalue weighted by Gasteiger charge is 2.15.